The van der Waals surface area contributed by atoms with Gasteiger partial charge in [-0.2, -0.15) is 0 Å². The van der Waals surface area contributed by atoms with E-state index >= 15 is 0 Å². The molecule has 4 aromatic rings. The van der Waals surface area contributed by atoms with Crippen molar-refractivity contribution in [1.29, 1.82) is 0 Å². The summed E-state index contributed by atoms with van der Waals surface area (Å²) in [7, 11) is 0. The number of aromatic nitrogens is 4. The van der Waals surface area contributed by atoms with E-state index in [0.717, 1.165) is 5.56 Å². The second-order valence-electron chi connectivity index (χ2n) is 6.29. The fourth-order valence-corrected chi connectivity index (χ4v) is 3.15. The molecule has 0 aliphatic carbocycles. The van der Waals surface area contributed by atoms with E-state index in [1.165, 1.54) is 21.7 Å². The summed E-state index contributed by atoms with van der Waals surface area (Å²) in [5.74, 6) is -2.80. The molecule has 0 atom stereocenters. The van der Waals surface area contributed by atoms with Gasteiger partial charge in [-0.15, -0.1) is 0 Å². The van der Waals surface area contributed by atoms with Crippen LogP contribution in [0.3, 0.4) is 0 Å². The number of carbonyl (C=O) groups excluding carboxylic acids is 1. The van der Waals surface area contributed by atoms with Crippen molar-refractivity contribution in [2.75, 3.05) is 6.54 Å². The van der Waals surface area contributed by atoms with Gasteiger partial charge in [-0.05, 0) is 11.6 Å². The van der Waals surface area contributed by atoms with Crippen LogP contribution in [-0.2, 0) is 11.3 Å². The maximum absolute atomic E-state index is 13.2. The quantitative estimate of drug-likeness (QED) is 0.451. The number of hydrogen-bond acceptors (Lipinski definition) is 6. The molecule has 0 spiro atoms. The van der Waals surface area contributed by atoms with Gasteiger partial charge in [0.15, 0.2) is 11.4 Å². The van der Waals surface area contributed by atoms with E-state index in [-0.39, 0.29) is 12.1 Å². The van der Waals surface area contributed by atoms with Gasteiger partial charge in [-0.25, -0.2) is 19.2 Å². The first-order valence-corrected chi connectivity index (χ1v) is 8.58. The van der Waals surface area contributed by atoms with Crippen molar-refractivity contribution in [2.24, 2.45) is 0 Å². The first-order valence-electron chi connectivity index (χ1n) is 8.58. The van der Waals surface area contributed by atoms with E-state index in [2.05, 4.69) is 15.3 Å². The third-order valence-corrected chi connectivity index (χ3v) is 4.41. The molecule has 1 amide bonds. The number of nitrogens with zero attached hydrogens (tertiary/aromatic N) is 4. The average molecular weight is 393 g/mol. The fraction of sp³-hybridized carbons (Fsp3) is 0.105. The van der Waals surface area contributed by atoms with Gasteiger partial charge in [-0.3, -0.25) is 14.4 Å². The highest BCUT2D eigenvalue weighted by Crippen LogP contribution is 2.27. The Balaban J connectivity index is 2.00. The maximum atomic E-state index is 13.2. The summed E-state index contributed by atoms with van der Waals surface area (Å²) < 4.78 is 2.70. The largest absolute Gasteiger partial charge is 0.505 e. The Bertz CT molecular complexity index is 1310. The molecular formula is C19H15N5O5. The minimum atomic E-state index is -1.27. The Morgan fingerprint density at radius 2 is 1.93 bits per heavy atom. The van der Waals surface area contributed by atoms with Crippen molar-refractivity contribution in [3.8, 4) is 5.75 Å². The van der Waals surface area contributed by atoms with Crippen LogP contribution in [0.1, 0.15) is 15.9 Å². The van der Waals surface area contributed by atoms with Crippen LogP contribution in [0.25, 0.3) is 16.6 Å². The van der Waals surface area contributed by atoms with E-state index < -0.39 is 35.3 Å². The monoisotopic (exact) mass is 393 g/mol. The zero-order chi connectivity index (χ0) is 20.5. The van der Waals surface area contributed by atoms with Crippen molar-refractivity contribution in [2.45, 2.75) is 6.54 Å². The van der Waals surface area contributed by atoms with E-state index in [1.54, 1.807) is 6.07 Å². The highest BCUT2D eigenvalue weighted by molar-refractivity contribution is 6.01. The Hall–Kier alpha value is -4.21. The minimum absolute atomic E-state index is 0.101. The number of amides is 1. The number of carbonyl (C=O) groups is 2. The summed E-state index contributed by atoms with van der Waals surface area (Å²) in [4.78, 5) is 44.5. The molecule has 4 rings (SSSR count). The lowest BCUT2D eigenvalue weighted by Crippen LogP contribution is -2.37. The van der Waals surface area contributed by atoms with E-state index in [0.29, 0.717) is 11.0 Å². The van der Waals surface area contributed by atoms with Gasteiger partial charge in [0.1, 0.15) is 24.0 Å². The van der Waals surface area contributed by atoms with E-state index in [9.17, 15) is 19.5 Å². The normalized spacial score (nSPS) is 11.0. The van der Waals surface area contributed by atoms with Crippen molar-refractivity contribution in [3.63, 3.8) is 0 Å². The highest BCUT2D eigenvalue weighted by Gasteiger charge is 2.24. The molecule has 0 aliphatic rings. The van der Waals surface area contributed by atoms with E-state index in [1.807, 2.05) is 30.3 Å². The third-order valence-electron chi connectivity index (χ3n) is 4.41. The fourth-order valence-electron chi connectivity index (χ4n) is 3.15. The van der Waals surface area contributed by atoms with Crippen molar-refractivity contribution in [1.82, 2.24) is 24.5 Å². The Morgan fingerprint density at radius 1 is 1.17 bits per heavy atom. The van der Waals surface area contributed by atoms with Gasteiger partial charge in [0.25, 0.3) is 11.5 Å². The lowest BCUT2D eigenvalue weighted by atomic mass is 10.2. The van der Waals surface area contributed by atoms with Crippen LogP contribution in [0.4, 0.5) is 0 Å². The van der Waals surface area contributed by atoms with Gasteiger partial charge >= 0.3 is 5.97 Å². The van der Waals surface area contributed by atoms with Gasteiger partial charge < -0.3 is 15.5 Å². The first kappa shape index (κ1) is 18.2. The summed E-state index contributed by atoms with van der Waals surface area (Å²) in [6.45, 7) is -0.584. The van der Waals surface area contributed by atoms with Crippen LogP contribution in [0, 0.1) is 0 Å². The van der Waals surface area contributed by atoms with Crippen molar-refractivity contribution >= 4 is 28.4 Å². The molecule has 0 fully saturated rings. The molecular weight excluding hydrogens is 378 g/mol. The molecule has 146 valence electrons. The minimum Gasteiger partial charge on any atom is -0.505 e. The number of carboxylic acid groups (broad SMARTS) is 1. The molecule has 10 heteroatoms. The molecule has 0 unspecified atom stereocenters. The van der Waals surface area contributed by atoms with Gasteiger partial charge in [-0.1, -0.05) is 30.3 Å². The van der Waals surface area contributed by atoms with Crippen LogP contribution < -0.4 is 10.9 Å². The molecule has 1 aromatic carbocycles. The first-order chi connectivity index (χ1) is 14.0. The Labute approximate surface area is 162 Å². The van der Waals surface area contributed by atoms with Gasteiger partial charge in [0, 0.05) is 11.6 Å². The lowest BCUT2D eigenvalue weighted by molar-refractivity contribution is -0.135. The highest BCUT2D eigenvalue weighted by atomic mass is 16.4. The molecule has 0 bridgehead atoms. The molecule has 3 aromatic heterocycles. The van der Waals surface area contributed by atoms with Gasteiger partial charge in [0.05, 0.1) is 6.54 Å². The predicted octanol–water partition coefficient (Wildman–Crippen LogP) is 0.612. The summed E-state index contributed by atoms with van der Waals surface area (Å²) >= 11 is 0. The van der Waals surface area contributed by atoms with E-state index in [4.69, 9.17) is 5.11 Å². The number of nitrogens with one attached hydrogen (secondary N) is 1. The molecule has 0 radical (unpaired) electrons. The number of rotatable bonds is 5. The van der Waals surface area contributed by atoms with Gasteiger partial charge in [0.2, 0.25) is 0 Å². The second-order valence-corrected chi connectivity index (χ2v) is 6.29. The van der Waals surface area contributed by atoms with Crippen LogP contribution in [0.2, 0.25) is 0 Å². The zero-order valence-electron chi connectivity index (χ0n) is 14.9. The number of hydrogen-bond donors (Lipinski definition) is 3. The smallest absolute Gasteiger partial charge is 0.322 e. The number of aliphatic carboxylic acids is 1. The molecule has 0 saturated heterocycles. The summed E-state index contributed by atoms with van der Waals surface area (Å²) in [5.41, 5.74) is 0.0324. The second kappa shape index (κ2) is 7.08. The molecule has 10 nitrogen and oxygen atoms in total. The molecule has 0 aliphatic heterocycles. The SMILES string of the molecule is O=C(O)CNC(=O)c1c(O)c2cc3cncnc3n2n(Cc2ccccc2)c1=O. The third kappa shape index (κ3) is 3.16. The predicted molar refractivity (Wildman–Crippen MR) is 102 cm³/mol. The number of fused-ring (bicyclic) bond motifs is 3. The molecule has 3 heterocycles. The van der Waals surface area contributed by atoms with Crippen molar-refractivity contribution < 1.29 is 19.8 Å². The number of aromatic hydroxyl groups is 1. The van der Waals surface area contributed by atoms with Crippen LogP contribution >= 0.6 is 0 Å². The van der Waals surface area contributed by atoms with Crippen molar-refractivity contribution in [3.05, 3.63) is 70.4 Å². The summed E-state index contributed by atoms with van der Waals surface area (Å²) in [5, 5.41) is 22.1. The Morgan fingerprint density at radius 3 is 2.66 bits per heavy atom. The number of benzene rings is 1. The average Bonchev–Trinajstić information content (AvgIpc) is 3.10. The molecule has 29 heavy (non-hydrogen) atoms. The standard InChI is InChI=1S/C19H15N5O5/c25-14(26)8-21-18(28)15-16(27)13-6-12-7-20-10-22-17(12)24(13)23(19(15)29)9-11-4-2-1-3-5-11/h1-7,10,27H,8-9H2,(H,21,28)(H,25,26). The van der Waals surface area contributed by atoms with Crippen LogP contribution in [0.15, 0.2) is 53.7 Å². The van der Waals surface area contributed by atoms with Crippen LogP contribution in [0.5, 0.6) is 5.75 Å². The zero-order valence-corrected chi connectivity index (χ0v) is 14.9. The maximum Gasteiger partial charge on any atom is 0.322 e. The topological polar surface area (TPSA) is 139 Å². The Kier molecular flexibility index (Phi) is 4.43. The van der Waals surface area contributed by atoms with Crippen LogP contribution in [-0.4, -0.2) is 47.8 Å². The molecule has 3 N–H and O–H groups in total. The summed E-state index contributed by atoms with van der Waals surface area (Å²) in [6, 6.07) is 10.6. The number of carboxylic acids is 1. The molecule has 0 saturated carbocycles. The lowest BCUT2D eigenvalue weighted by Gasteiger charge is -2.14. The summed E-state index contributed by atoms with van der Waals surface area (Å²) in [6.07, 6.45) is 2.84.